The van der Waals surface area contributed by atoms with Crippen molar-refractivity contribution >= 4 is 6.71 Å². The maximum absolute atomic E-state index is 10.2. The van der Waals surface area contributed by atoms with Crippen LogP contribution >= 0.6 is 0 Å². The van der Waals surface area contributed by atoms with Crippen LogP contribution in [0.4, 0.5) is 0 Å². The predicted octanol–water partition coefficient (Wildman–Crippen LogP) is 2.92. The highest BCUT2D eigenvalue weighted by atomic mass is 16.3. The summed E-state index contributed by atoms with van der Waals surface area (Å²) >= 11 is 0. The molecule has 1 saturated heterocycles. The molecular formula is C15H26BNO. The molecule has 1 aliphatic heterocycles. The van der Waals surface area contributed by atoms with E-state index < -0.39 is 0 Å². The Labute approximate surface area is 112 Å². The minimum absolute atomic E-state index is 0.138. The van der Waals surface area contributed by atoms with E-state index in [9.17, 15) is 5.11 Å². The Morgan fingerprint density at radius 1 is 1.61 bits per heavy atom. The van der Waals surface area contributed by atoms with Crippen LogP contribution < -0.4 is 5.32 Å². The average Bonchev–Trinajstić information content (AvgIpc) is 2.77. The highest BCUT2D eigenvalue weighted by molar-refractivity contribution is 6.68. The van der Waals surface area contributed by atoms with E-state index in [-0.39, 0.29) is 6.10 Å². The minimum atomic E-state index is -0.138. The summed E-state index contributed by atoms with van der Waals surface area (Å²) < 4.78 is 0. The predicted molar refractivity (Wildman–Crippen MR) is 79.3 cm³/mol. The molecule has 0 amide bonds. The average molecular weight is 247 g/mol. The number of rotatable bonds is 5. The third-order valence-corrected chi connectivity index (χ3v) is 3.91. The van der Waals surface area contributed by atoms with Gasteiger partial charge in [-0.25, -0.2) is 0 Å². The Morgan fingerprint density at radius 3 is 2.94 bits per heavy atom. The van der Waals surface area contributed by atoms with E-state index in [2.05, 4.69) is 37.6 Å². The van der Waals surface area contributed by atoms with Crippen LogP contribution in [-0.2, 0) is 0 Å². The summed E-state index contributed by atoms with van der Waals surface area (Å²) in [5.74, 6) is 4.30. The van der Waals surface area contributed by atoms with Crippen LogP contribution in [0.1, 0.15) is 40.0 Å². The first-order valence-electron chi connectivity index (χ1n) is 7.13. The summed E-state index contributed by atoms with van der Waals surface area (Å²) in [5.41, 5.74) is 0.883. The van der Waals surface area contributed by atoms with Crippen LogP contribution in [-0.4, -0.2) is 17.9 Å². The fourth-order valence-electron chi connectivity index (χ4n) is 2.51. The number of aliphatic hydroxyl groups is 1. The fourth-order valence-corrected chi connectivity index (χ4v) is 2.51. The standard InChI is InChI=1S/C15H26BNO/c1-5-13(4)10-15(18)14-6-7-16(11-14)8-9-17-12(2)3/h13-15,17-18H,2,5-7,10-11H2,1,3-4H3. The van der Waals surface area contributed by atoms with Gasteiger partial charge in [-0.05, 0) is 31.2 Å². The second-order valence-corrected chi connectivity index (χ2v) is 5.76. The lowest BCUT2D eigenvalue weighted by atomic mass is 9.49. The Kier molecular flexibility index (Phi) is 6.36. The number of nitrogens with one attached hydrogen (secondary N) is 1. The molecule has 1 rings (SSSR count). The zero-order chi connectivity index (χ0) is 13.5. The topological polar surface area (TPSA) is 32.3 Å². The van der Waals surface area contributed by atoms with E-state index in [1.165, 1.54) is 0 Å². The van der Waals surface area contributed by atoms with Crippen LogP contribution in [0.15, 0.2) is 12.3 Å². The van der Waals surface area contributed by atoms with Gasteiger partial charge in [-0.3, -0.25) is 0 Å². The first-order valence-corrected chi connectivity index (χ1v) is 7.13. The molecule has 0 aromatic rings. The van der Waals surface area contributed by atoms with Crippen molar-refractivity contribution in [2.45, 2.75) is 58.8 Å². The monoisotopic (exact) mass is 247 g/mol. The van der Waals surface area contributed by atoms with Gasteiger partial charge >= 0.3 is 0 Å². The quantitative estimate of drug-likeness (QED) is 0.444. The number of hydrogen-bond acceptors (Lipinski definition) is 2. The van der Waals surface area contributed by atoms with Gasteiger partial charge in [0.2, 0.25) is 6.71 Å². The first-order chi connectivity index (χ1) is 8.52. The smallest absolute Gasteiger partial charge is 0.234 e. The molecule has 2 N–H and O–H groups in total. The number of hydrogen-bond donors (Lipinski definition) is 2. The molecule has 1 heterocycles. The molecule has 100 valence electrons. The van der Waals surface area contributed by atoms with Crippen molar-refractivity contribution in [3.8, 4) is 11.9 Å². The molecule has 3 atom stereocenters. The molecule has 0 radical (unpaired) electrons. The first kappa shape index (κ1) is 15.2. The number of allylic oxidation sites excluding steroid dienone is 1. The molecule has 0 saturated carbocycles. The van der Waals surface area contributed by atoms with Gasteiger partial charge in [0, 0.05) is 5.70 Å². The molecule has 0 aliphatic carbocycles. The molecular weight excluding hydrogens is 221 g/mol. The largest absolute Gasteiger partial charge is 0.393 e. The van der Waals surface area contributed by atoms with Crippen molar-refractivity contribution in [1.82, 2.24) is 5.32 Å². The third kappa shape index (κ3) is 5.18. The fraction of sp³-hybridized carbons (Fsp3) is 0.733. The Balaban J connectivity index is 2.35. The van der Waals surface area contributed by atoms with Crippen molar-refractivity contribution in [2.24, 2.45) is 11.8 Å². The number of aliphatic hydroxyl groups excluding tert-OH is 1. The molecule has 3 heteroatoms. The Bertz CT molecular complexity index is 331. The highest BCUT2D eigenvalue weighted by Crippen LogP contribution is 2.31. The van der Waals surface area contributed by atoms with E-state index in [0.29, 0.717) is 18.5 Å². The second-order valence-electron chi connectivity index (χ2n) is 5.76. The molecule has 0 spiro atoms. The van der Waals surface area contributed by atoms with Gasteiger partial charge in [0.25, 0.3) is 0 Å². The van der Waals surface area contributed by atoms with E-state index >= 15 is 0 Å². The van der Waals surface area contributed by atoms with Crippen molar-refractivity contribution in [2.75, 3.05) is 0 Å². The van der Waals surface area contributed by atoms with Crippen molar-refractivity contribution < 1.29 is 5.11 Å². The van der Waals surface area contributed by atoms with Gasteiger partial charge in [-0.15, -0.1) is 5.82 Å². The van der Waals surface area contributed by atoms with Crippen molar-refractivity contribution in [1.29, 1.82) is 0 Å². The van der Waals surface area contributed by atoms with Crippen LogP contribution in [0.25, 0.3) is 0 Å². The van der Waals surface area contributed by atoms with Crippen LogP contribution in [0.3, 0.4) is 0 Å². The summed E-state index contributed by atoms with van der Waals surface area (Å²) in [7, 11) is 0. The van der Waals surface area contributed by atoms with Crippen molar-refractivity contribution in [3.05, 3.63) is 12.3 Å². The van der Waals surface area contributed by atoms with Gasteiger partial charge in [0.15, 0.2) is 0 Å². The van der Waals surface area contributed by atoms with Gasteiger partial charge in [0.1, 0.15) is 0 Å². The van der Waals surface area contributed by atoms with Gasteiger partial charge in [-0.1, -0.05) is 45.9 Å². The second kappa shape index (κ2) is 7.54. The van der Waals surface area contributed by atoms with E-state index in [1.807, 2.05) is 6.92 Å². The maximum atomic E-state index is 10.2. The van der Waals surface area contributed by atoms with Crippen molar-refractivity contribution in [3.63, 3.8) is 0 Å². The third-order valence-electron chi connectivity index (χ3n) is 3.91. The molecule has 2 nitrogen and oxygen atoms in total. The highest BCUT2D eigenvalue weighted by Gasteiger charge is 2.31. The molecule has 0 aromatic carbocycles. The SMILES string of the molecule is C=C(C)NC#CB1CCC(C(O)CC(C)CC)C1. The van der Waals surface area contributed by atoms with E-state index in [1.54, 1.807) is 0 Å². The summed E-state index contributed by atoms with van der Waals surface area (Å²) in [6.45, 7) is 10.5. The van der Waals surface area contributed by atoms with E-state index in [0.717, 1.165) is 37.6 Å². The van der Waals surface area contributed by atoms with Gasteiger partial charge in [-0.2, -0.15) is 0 Å². The molecule has 18 heavy (non-hydrogen) atoms. The zero-order valence-electron chi connectivity index (χ0n) is 12.0. The molecule has 1 aliphatic rings. The Hall–Kier alpha value is -0.875. The Morgan fingerprint density at radius 2 is 2.33 bits per heavy atom. The van der Waals surface area contributed by atoms with Crippen LogP contribution in [0.2, 0.25) is 12.6 Å². The van der Waals surface area contributed by atoms with Crippen LogP contribution in [0.5, 0.6) is 0 Å². The van der Waals surface area contributed by atoms with Gasteiger partial charge in [0.05, 0.1) is 6.10 Å². The summed E-state index contributed by atoms with van der Waals surface area (Å²) in [5, 5.41) is 13.1. The van der Waals surface area contributed by atoms with Crippen LogP contribution in [0, 0.1) is 23.7 Å². The zero-order valence-corrected chi connectivity index (χ0v) is 12.0. The molecule has 0 bridgehead atoms. The summed E-state index contributed by atoms with van der Waals surface area (Å²) in [6.07, 6.45) is 5.22. The normalized spacial score (nSPS) is 22.0. The maximum Gasteiger partial charge on any atom is 0.234 e. The lowest BCUT2D eigenvalue weighted by Crippen LogP contribution is -2.21. The lowest BCUT2D eigenvalue weighted by molar-refractivity contribution is 0.0930. The molecule has 3 unspecified atom stereocenters. The summed E-state index contributed by atoms with van der Waals surface area (Å²) in [4.78, 5) is 0. The van der Waals surface area contributed by atoms with Gasteiger partial charge < -0.3 is 10.4 Å². The summed E-state index contributed by atoms with van der Waals surface area (Å²) in [6, 6.07) is 2.96. The molecule has 0 aromatic heterocycles. The lowest BCUT2D eigenvalue weighted by Gasteiger charge is -2.20. The van der Waals surface area contributed by atoms with E-state index in [4.69, 9.17) is 0 Å². The minimum Gasteiger partial charge on any atom is -0.393 e. The molecule has 1 fully saturated rings.